The van der Waals surface area contributed by atoms with E-state index < -0.39 is 118 Å². The highest BCUT2D eigenvalue weighted by Crippen LogP contribution is 2.63. The van der Waals surface area contributed by atoms with E-state index in [0.717, 1.165) is 23.0 Å². The second-order valence-electron chi connectivity index (χ2n) is 12.3. The molecule has 13 atom stereocenters. The number of aromatic nitrogens is 4. The van der Waals surface area contributed by atoms with Gasteiger partial charge in [-0.05, 0) is 0 Å². The number of phosphoric acid groups is 2. The minimum absolute atomic E-state index is 0.148. The Labute approximate surface area is 282 Å². The number of nitrogen functional groups attached to an aromatic ring is 1. The average Bonchev–Trinajstić information content (AvgIpc) is 3.81. The Morgan fingerprint density at radius 1 is 1.06 bits per heavy atom. The van der Waals surface area contributed by atoms with Crippen LogP contribution in [0.15, 0.2) is 23.3 Å². The number of imide groups is 1. The third kappa shape index (κ3) is 6.08. The van der Waals surface area contributed by atoms with Crippen molar-refractivity contribution in [2.45, 2.75) is 72.7 Å². The second kappa shape index (κ2) is 12.1. The van der Waals surface area contributed by atoms with Crippen LogP contribution >= 0.6 is 15.6 Å². The number of fused-ring (bicyclic) bond motifs is 3. The number of nitrogens with one attached hydrogen (secondary N) is 2. The van der Waals surface area contributed by atoms with Crippen LogP contribution in [0.5, 0.6) is 0 Å². The summed E-state index contributed by atoms with van der Waals surface area (Å²) in [5.41, 5.74) is 0.0401. The van der Waals surface area contributed by atoms with E-state index in [1.54, 1.807) is 0 Å². The van der Waals surface area contributed by atoms with Crippen molar-refractivity contribution < 1.29 is 81.7 Å². The largest absolute Gasteiger partial charge is 0.483 e. The van der Waals surface area contributed by atoms with E-state index in [-0.39, 0.29) is 23.5 Å². The maximum atomic E-state index is 13.5. The first-order valence-electron chi connectivity index (χ1n) is 14.8. The molecule has 2 aromatic rings. The highest BCUT2D eigenvalue weighted by Gasteiger charge is 2.76. The second-order valence-corrected chi connectivity index (χ2v) is 15.3. The van der Waals surface area contributed by atoms with Crippen LogP contribution in [0, 0.1) is 0 Å². The number of hydrogen-bond donors (Lipinski definition) is 10. The van der Waals surface area contributed by atoms with Gasteiger partial charge in [0.05, 0.1) is 31.6 Å². The first-order chi connectivity index (χ1) is 23.8. The quantitative estimate of drug-likeness (QED) is 0.0579. The molecule has 0 bridgehead atoms. The molecule has 4 fully saturated rings. The highest BCUT2D eigenvalue weighted by molar-refractivity contribution is 7.61. The van der Waals surface area contributed by atoms with Crippen LogP contribution in [0.3, 0.4) is 0 Å². The van der Waals surface area contributed by atoms with Crippen molar-refractivity contribution in [2.24, 2.45) is 0 Å². The van der Waals surface area contributed by atoms with Crippen LogP contribution in [0.25, 0.3) is 11.2 Å². The number of aliphatic hydroxyl groups is 5. The lowest BCUT2D eigenvalue weighted by Crippen LogP contribution is -2.56. The molecule has 0 spiro atoms. The molecule has 11 N–H and O–H groups in total. The van der Waals surface area contributed by atoms with Gasteiger partial charge in [-0.1, -0.05) is 0 Å². The SMILES string of the molecule is Nc1nc2c(ncn2C2OC(COP(=O)(O)OP(=O)(O)OC3OC4CC4(O)C(O)C(O)C4NC34C(=O)CN3C(=O)C=CC3=O)C(O)C2O)c(=O)[nH]1. The number of ketones is 1. The number of phosphoric ester groups is 2. The number of nitrogens with zero attached hydrogens (tertiary/aromatic N) is 4. The molecule has 2 amide bonds. The number of aromatic amines is 1. The third-order valence-electron chi connectivity index (χ3n) is 9.11. The Morgan fingerprint density at radius 2 is 1.75 bits per heavy atom. The van der Waals surface area contributed by atoms with Crippen LogP contribution in [-0.2, 0) is 46.3 Å². The summed E-state index contributed by atoms with van der Waals surface area (Å²) in [6.07, 6.45) is -11.8. The Morgan fingerprint density at radius 3 is 2.43 bits per heavy atom. The maximum Gasteiger partial charge on any atom is 0.483 e. The predicted molar refractivity (Wildman–Crippen MR) is 157 cm³/mol. The Kier molecular flexibility index (Phi) is 8.54. The van der Waals surface area contributed by atoms with Crippen LogP contribution in [-0.4, -0.2) is 151 Å². The molecule has 0 aromatic carbocycles. The van der Waals surface area contributed by atoms with Crippen molar-refractivity contribution in [3.8, 4) is 0 Å². The zero-order valence-electron chi connectivity index (χ0n) is 25.4. The van der Waals surface area contributed by atoms with Gasteiger partial charge >= 0.3 is 15.6 Å². The fraction of sp³-hybridized carbons (Fsp3) is 0.583. The van der Waals surface area contributed by atoms with Crippen molar-refractivity contribution in [3.05, 3.63) is 28.8 Å². The van der Waals surface area contributed by atoms with Gasteiger partial charge < -0.3 is 50.5 Å². The molecule has 3 saturated heterocycles. The molecule has 2 aromatic heterocycles. The lowest BCUT2D eigenvalue weighted by Gasteiger charge is -2.33. The normalized spacial score (nSPS) is 39.6. The molecule has 25 nitrogen and oxygen atoms in total. The highest BCUT2D eigenvalue weighted by atomic mass is 31.3. The number of anilines is 1. The lowest BCUT2D eigenvalue weighted by molar-refractivity contribution is -0.179. The number of carbonyl (C=O) groups is 3. The minimum Gasteiger partial charge on any atom is -0.389 e. The predicted octanol–water partition coefficient (Wildman–Crippen LogP) is -5.64. The van der Waals surface area contributed by atoms with Crippen LogP contribution in [0.1, 0.15) is 12.6 Å². The molecule has 4 aliphatic heterocycles. The van der Waals surface area contributed by atoms with E-state index >= 15 is 0 Å². The molecular formula is C24H29N7O18P2. The molecule has 7 rings (SSSR count). The number of amides is 2. The number of rotatable bonds is 11. The number of nitrogens with two attached hydrogens (primary N) is 1. The summed E-state index contributed by atoms with van der Waals surface area (Å²) in [4.78, 5) is 81.2. The van der Waals surface area contributed by atoms with Crippen LogP contribution < -0.4 is 16.6 Å². The average molecular weight is 765 g/mol. The molecule has 1 aliphatic carbocycles. The van der Waals surface area contributed by atoms with Gasteiger partial charge in [-0.3, -0.25) is 48.0 Å². The standard InChI is InChI=1S/C24H29N7O18P2/c25-22-27-18-12(19(39)28-22)26-6-31(18)20-14(36)13(35)7(46-20)5-45-50(41,42)49-51(43,44)48-21-24(8(32)4-30-10(33)1-2-11(30)34)16(29-24)15(37)17(38)23(40)3-9(23)47-21/h1-2,6-7,9,13-17,20-21,29,35-38,40H,3-5H2,(H,41,42)(H,43,44)(H3,25,27,28,39). The molecule has 0 radical (unpaired) electrons. The van der Waals surface area contributed by atoms with Crippen molar-refractivity contribution in [2.75, 3.05) is 18.9 Å². The van der Waals surface area contributed by atoms with Crippen molar-refractivity contribution in [1.29, 1.82) is 0 Å². The number of imidazole rings is 1. The number of Topliss-reactive ketones (excluding diaryl/α,β-unsaturated/α-hetero) is 1. The van der Waals surface area contributed by atoms with Gasteiger partial charge in [-0.2, -0.15) is 9.29 Å². The van der Waals surface area contributed by atoms with Crippen molar-refractivity contribution in [1.82, 2.24) is 29.7 Å². The first kappa shape index (κ1) is 36.0. The van der Waals surface area contributed by atoms with E-state index in [0.29, 0.717) is 4.90 Å². The van der Waals surface area contributed by atoms with Crippen molar-refractivity contribution >= 4 is 50.4 Å². The summed E-state index contributed by atoms with van der Waals surface area (Å²) in [7, 11) is -11.5. The van der Waals surface area contributed by atoms with E-state index in [1.165, 1.54) is 0 Å². The third-order valence-corrected chi connectivity index (χ3v) is 11.7. The van der Waals surface area contributed by atoms with Gasteiger partial charge in [0.25, 0.3) is 17.4 Å². The van der Waals surface area contributed by atoms with Crippen LogP contribution in [0.4, 0.5) is 5.95 Å². The molecule has 51 heavy (non-hydrogen) atoms. The zero-order chi connectivity index (χ0) is 37.0. The topological polar surface area (TPSA) is 388 Å². The molecule has 5 aliphatic rings. The summed E-state index contributed by atoms with van der Waals surface area (Å²) in [6, 6.07) is -1.56. The van der Waals surface area contributed by atoms with Gasteiger partial charge in [0, 0.05) is 18.6 Å². The summed E-state index contributed by atoms with van der Waals surface area (Å²) < 4.78 is 52.1. The Hall–Kier alpha value is -3.36. The van der Waals surface area contributed by atoms with Gasteiger partial charge in [0.2, 0.25) is 5.95 Å². The van der Waals surface area contributed by atoms with E-state index in [2.05, 4.69) is 24.6 Å². The summed E-state index contributed by atoms with van der Waals surface area (Å²) in [6.45, 7) is -2.04. The smallest absolute Gasteiger partial charge is 0.389 e. The molecule has 6 heterocycles. The van der Waals surface area contributed by atoms with E-state index in [9.17, 15) is 63.6 Å². The Balaban J connectivity index is 1.05. The number of carbonyl (C=O) groups excluding carboxylic acids is 3. The summed E-state index contributed by atoms with van der Waals surface area (Å²) in [5.74, 6) is -3.21. The summed E-state index contributed by atoms with van der Waals surface area (Å²) in [5, 5.41) is 55.5. The number of H-pyrrole nitrogens is 1. The van der Waals surface area contributed by atoms with Crippen LogP contribution in [0.2, 0.25) is 0 Å². The van der Waals surface area contributed by atoms with Crippen molar-refractivity contribution in [3.63, 3.8) is 0 Å². The van der Waals surface area contributed by atoms with Gasteiger partial charge in [0.1, 0.15) is 41.7 Å². The number of aliphatic hydroxyl groups excluding tert-OH is 4. The molecule has 278 valence electrons. The number of hydrogen-bond acceptors (Lipinski definition) is 20. The fourth-order valence-corrected chi connectivity index (χ4v) is 8.46. The first-order valence-corrected chi connectivity index (χ1v) is 17.8. The van der Waals surface area contributed by atoms with Gasteiger partial charge in [-0.15, -0.1) is 0 Å². The lowest BCUT2D eigenvalue weighted by atomic mass is 9.90. The zero-order valence-corrected chi connectivity index (χ0v) is 27.2. The molecule has 1 saturated carbocycles. The van der Waals surface area contributed by atoms with Gasteiger partial charge in [-0.25, -0.2) is 14.1 Å². The summed E-state index contributed by atoms with van der Waals surface area (Å²) >= 11 is 0. The molecular weight excluding hydrogens is 736 g/mol. The number of ether oxygens (including phenoxy) is 2. The van der Waals surface area contributed by atoms with E-state index in [4.69, 9.17) is 24.3 Å². The fourth-order valence-electron chi connectivity index (χ4n) is 6.28. The maximum absolute atomic E-state index is 13.5. The monoisotopic (exact) mass is 765 g/mol. The Bertz CT molecular complexity index is 1990. The molecule has 13 unspecified atom stereocenters. The van der Waals surface area contributed by atoms with Gasteiger partial charge in [0.15, 0.2) is 29.5 Å². The molecule has 27 heteroatoms. The minimum atomic E-state index is -5.87. The van der Waals surface area contributed by atoms with E-state index in [1.807, 2.05) is 0 Å².